The third-order valence-corrected chi connectivity index (χ3v) is 3.35. The number of nitrogens with zero attached hydrogens (tertiary/aromatic N) is 3. The van der Waals surface area contributed by atoms with Crippen molar-refractivity contribution in [2.24, 2.45) is 5.92 Å². The maximum Gasteiger partial charge on any atom is 0.239 e. The molecule has 0 radical (unpaired) electrons. The van der Waals surface area contributed by atoms with Gasteiger partial charge >= 0.3 is 0 Å². The molecule has 1 atom stereocenters. The van der Waals surface area contributed by atoms with E-state index in [2.05, 4.69) is 4.90 Å². The first-order valence-electron chi connectivity index (χ1n) is 6.30. The van der Waals surface area contributed by atoms with E-state index >= 15 is 0 Å². The first-order valence-corrected chi connectivity index (χ1v) is 6.30. The molecule has 1 amide bonds. The molecule has 1 unspecified atom stereocenters. The molecule has 100 valence electrons. The third kappa shape index (κ3) is 3.02. The second kappa shape index (κ2) is 5.70. The fourth-order valence-electron chi connectivity index (χ4n) is 2.17. The summed E-state index contributed by atoms with van der Waals surface area (Å²) in [7, 11) is 0. The lowest BCUT2D eigenvalue weighted by molar-refractivity contribution is -0.133. The van der Waals surface area contributed by atoms with Crippen LogP contribution < -0.4 is 4.90 Å². The van der Waals surface area contributed by atoms with Crippen LogP contribution in [-0.4, -0.2) is 37.0 Å². The summed E-state index contributed by atoms with van der Waals surface area (Å²) in [5, 5.41) is 8.75. The average Bonchev–Trinajstić information content (AvgIpc) is 2.46. The molecule has 1 fully saturated rings. The van der Waals surface area contributed by atoms with Gasteiger partial charge in [-0.3, -0.25) is 4.79 Å². The molecule has 2 rings (SSSR count). The normalized spacial score (nSPS) is 16.9. The molecule has 1 saturated heterocycles. The van der Waals surface area contributed by atoms with Crippen LogP contribution in [0.5, 0.6) is 0 Å². The molecule has 5 heteroatoms. The first kappa shape index (κ1) is 13.3. The third-order valence-electron chi connectivity index (χ3n) is 3.35. The van der Waals surface area contributed by atoms with E-state index in [9.17, 15) is 9.18 Å². The minimum atomic E-state index is -0.586. The Bertz CT molecular complexity index is 486. The summed E-state index contributed by atoms with van der Waals surface area (Å²) in [6.07, 6.45) is 0. The molecular weight excluding hydrogens is 245 g/mol. The van der Waals surface area contributed by atoms with Crippen molar-refractivity contribution in [3.63, 3.8) is 0 Å². The number of anilines is 1. The van der Waals surface area contributed by atoms with E-state index in [1.165, 1.54) is 12.1 Å². The number of hydrogen-bond donors (Lipinski definition) is 0. The average molecular weight is 261 g/mol. The summed E-state index contributed by atoms with van der Waals surface area (Å²) in [6, 6.07) is 8.32. The predicted octanol–water partition coefficient (Wildman–Crippen LogP) is 1.63. The van der Waals surface area contributed by atoms with Crippen molar-refractivity contribution in [1.29, 1.82) is 5.26 Å². The van der Waals surface area contributed by atoms with Gasteiger partial charge in [0.2, 0.25) is 5.91 Å². The van der Waals surface area contributed by atoms with Gasteiger partial charge < -0.3 is 9.80 Å². The standard InChI is InChI=1S/C14H16FN3O/c1-11(10-16)14(19)18-8-6-17(7-9-18)13-4-2-12(15)3-5-13/h2-5,11H,6-9H2,1H3. The maximum absolute atomic E-state index is 12.8. The van der Waals surface area contributed by atoms with Gasteiger partial charge in [-0.2, -0.15) is 5.26 Å². The number of halogens is 1. The minimum absolute atomic E-state index is 0.110. The summed E-state index contributed by atoms with van der Waals surface area (Å²) in [4.78, 5) is 15.7. The molecule has 0 bridgehead atoms. The lowest BCUT2D eigenvalue weighted by Gasteiger charge is -2.36. The Morgan fingerprint density at radius 2 is 1.84 bits per heavy atom. The van der Waals surface area contributed by atoms with Crippen LogP contribution >= 0.6 is 0 Å². The second-order valence-electron chi connectivity index (χ2n) is 4.64. The molecule has 0 spiro atoms. The number of piperazine rings is 1. The van der Waals surface area contributed by atoms with E-state index in [4.69, 9.17) is 5.26 Å². The van der Waals surface area contributed by atoms with Crippen molar-refractivity contribution in [2.45, 2.75) is 6.92 Å². The zero-order valence-electron chi connectivity index (χ0n) is 10.8. The van der Waals surface area contributed by atoms with E-state index in [-0.39, 0.29) is 11.7 Å². The van der Waals surface area contributed by atoms with E-state index in [1.54, 1.807) is 24.0 Å². The Labute approximate surface area is 112 Å². The van der Waals surface area contributed by atoms with Gasteiger partial charge in [-0.15, -0.1) is 0 Å². The summed E-state index contributed by atoms with van der Waals surface area (Å²) < 4.78 is 12.8. The molecule has 1 aliphatic heterocycles. The van der Waals surface area contributed by atoms with Crippen molar-refractivity contribution < 1.29 is 9.18 Å². The highest BCUT2D eigenvalue weighted by Crippen LogP contribution is 2.17. The molecular formula is C14H16FN3O. The van der Waals surface area contributed by atoms with Crippen molar-refractivity contribution >= 4 is 11.6 Å². The van der Waals surface area contributed by atoms with E-state index < -0.39 is 5.92 Å². The van der Waals surface area contributed by atoms with E-state index in [1.807, 2.05) is 6.07 Å². The summed E-state index contributed by atoms with van der Waals surface area (Å²) in [5.74, 6) is -0.945. The van der Waals surface area contributed by atoms with Crippen LogP contribution in [0.25, 0.3) is 0 Å². The fraction of sp³-hybridized carbons (Fsp3) is 0.429. The molecule has 0 N–H and O–H groups in total. The molecule has 0 aromatic heterocycles. The number of benzene rings is 1. The van der Waals surface area contributed by atoms with Crippen molar-refractivity contribution in [1.82, 2.24) is 4.90 Å². The van der Waals surface area contributed by atoms with Crippen molar-refractivity contribution in [2.75, 3.05) is 31.1 Å². The summed E-state index contributed by atoms with van der Waals surface area (Å²) >= 11 is 0. The predicted molar refractivity (Wildman–Crippen MR) is 70.0 cm³/mol. The molecule has 0 aliphatic carbocycles. The van der Waals surface area contributed by atoms with Gasteiger partial charge in [-0.25, -0.2) is 4.39 Å². The van der Waals surface area contributed by atoms with Crippen LogP contribution in [0, 0.1) is 23.1 Å². The van der Waals surface area contributed by atoms with Crippen LogP contribution in [0.1, 0.15) is 6.92 Å². The number of carbonyl (C=O) groups excluding carboxylic acids is 1. The molecule has 1 aromatic carbocycles. The zero-order chi connectivity index (χ0) is 13.8. The van der Waals surface area contributed by atoms with Gasteiger partial charge in [0.25, 0.3) is 0 Å². The van der Waals surface area contributed by atoms with Gasteiger partial charge in [0.05, 0.1) is 6.07 Å². The second-order valence-corrected chi connectivity index (χ2v) is 4.64. The highest BCUT2D eigenvalue weighted by molar-refractivity contribution is 5.81. The molecule has 4 nitrogen and oxygen atoms in total. The Morgan fingerprint density at radius 1 is 1.26 bits per heavy atom. The van der Waals surface area contributed by atoms with Gasteiger partial charge in [0.15, 0.2) is 0 Å². The lowest BCUT2D eigenvalue weighted by atomic mass is 10.1. The topological polar surface area (TPSA) is 47.3 Å². The van der Waals surface area contributed by atoms with E-state index in [0.29, 0.717) is 26.2 Å². The Kier molecular flexibility index (Phi) is 4.00. The fourth-order valence-corrected chi connectivity index (χ4v) is 2.17. The highest BCUT2D eigenvalue weighted by Gasteiger charge is 2.24. The van der Waals surface area contributed by atoms with Gasteiger partial charge in [0.1, 0.15) is 11.7 Å². The smallest absolute Gasteiger partial charge is 0.239 e. The van der Waals surface area contributed by atoms with Gasteiger partial charge in [0, 0.05) is 31.9 Å². The maximum atomic E-state index is 12.8. The number of nitriles is 1. The van der Waals surface area contributed by atoms with E-state index in [0.717, 1.165) is 5.69 Å². The largest absolute Gasteiger partial charge is 0.368 e. The first-order chi connectivity index (χ1) is 9.11. The molecule has 19 heavy (non-hydrogen) atoms. The Balaban J connectivity index is 1.94. The monoisotopic (exact) mass is 261 g/mol. The zero-order valence-corrected chi connectivity index (χ0v) is 10.8. The molecule has 0 saturated carbocycles. The van der Waals surface area contributed by atoms with Gasteiger partial charge in [-0.1, -0.05) is 0 Å². The number of rotatable bonds is 2. The molecule has 1 aliphatic rings. The van der Waals surface area contributed by atoms with Crippen molar-refractivity contribution in [3.05, 3.63) is 30.1 Å². The minimum Gasteiger partial charge on any atom is -0.368 e. The molecule has 1 aromatic rings. The quantitative estimate of drug-likeness (QED) is 0.813. The Hall–Kier alpha value is -2.09. The van der Waals surface area contributed by atoms with Gasteiger partial charge in [-0.05, 0) is 31.2 Å². The van der Waals surface area contributed by atoms with Crippen LogP contribution in [0.15, 0.2) is 24.3 Å². The number of carbonyl (C=O) groups is 1. The number of hydrogen-bond acceptors (Lipinski definition) is 3. The highest BCUT2D eigenvalue weighted by atomic mass is 19.1. The SMILES string of the molecule is CC(C#N)C(=O)N1CCN(c2ccc(F)cc2)CC1. The summed E-state index contributed by atoms with van der Waals surface area (Å²) in [5.41, 5.74) is 0.960. The Morgan fingerprint density at radius 3 is 2.37 bits per heavy atom. The van der Waals surface area contributed by atoms with Crippen LogP contribution in [0.4, 0.5) is 10.1 Å². The van der Waals surface area contributed by atoms with Crippen LogP contribution in [0.3, 0.4) is 0 Å². The molecule has 1 heterocycles. The van der Waals surface area contributed by atoms with Crippen LogP contribution in [-0.2, 0) is 4.79 Å². The summed E-state index contributed by atoms with van der Waals surface area (Å²) in [6.45, 7) is 4.23. The lowest BCUT2D eigenvalue weighted by Crippen LogP contribution is -2.50. The number of amides is 1. The van der Waals surface area contributed by atoms with Crippen LogP contribution in [0.2, 0.25) is 0 Å². The van der Waals surface area contributed by atoms with Crippen molar-refractivity contribution in [3.8, 4) is 6.07 Å².